The highest BCUT2D eigenvalue weighted by atomic mass is 32.2. The molecule has 13 heavy (non-hydrogen) atoms. The topological polar surface area (TPSA) is 15.3 Å². The molecule has 1 atom stereocenters. The van der Waals surface area contributed by atoms with Gasteiger partial charge < -0.3 is 10.2 Å². The molecule has 1 saturated carbocycles. The lowest BCUT2D eigenvalue weighted by atomic mass is 10.2. The molecule has 0 radical (unpaired) electrons. The highest BCUT2D eigenvalue weighted by molar-refractivity contribution is 7.98. The second-order valence-electron chi connectivity index (χ2n) is 4.22. The fraction of sp³-hybridized carbons (Fsp3) is 1.00. The van der Waals surface area contributed by atoms with E-state index in [9.17, 15) is 0 Å². The largest absolute Gasteiger partial charge is 0.310 e. The van der Waals surface area contributed by atoms with Crippen LogP contribution in [-0.2, 0) is 0 Å². The first kappa shape index (κ1) is 9.81. The lowest BCUT2D eigenvalue weighted by Crippen LogP contribution is -2.34. The van der Waals surface area contributed by atoms with Crippen molar-refractivity contribution >= 4 is 11.8 Å². The van der Waals surface area contributed by atoms with E-state index in [2.05, 4.69) is 16.5 Å². The van der Waals surface area contributed by atoms with Gasteiger partial charge in [0.15, 0.2) is 0 Å². The number of likely N-dealkylation sites (tertiary alicyclic amines) is 1. The van der Waals surface area contributed by atoms with Gasteiger partial charge in [0.05, 0.1) is 0 Å². The summed E-state index contributed by atoms with van der Waals surface area (Å²) >= 11 is 1.95. The monoisotopic (exact) mass is 200 g/mol. The van der Waals surface area contributed by atoms with Crippen molar-refractivity contribution in [1.29, 1.82) is 0 Å². The fourth-order valence-electron chi connectivity index (χ4n) is 1.98. The van der Waals surface area contributed by atoms with Crippen LogP contribution in [0.5, 0.6) is 0 Å². The van der Waals surface area contributed by atoms with Gasteiger partial charge in [-0.3, -0.25) is 0 Å². The van der Waals surface area contributed by atoms with Crippen molar-refractivity contribution in [2.75, 3.05) is 31.6 Å². The molecule has 2 aliphatic rings. The van der Waals surface area contributed by atoms with Gasteiger partial charge in [0.2, 0.25) is 0 Å². The molecular weight excluding hydrogens is 180 g/mol. The van der Waals surface area contributed by atoms with Crippen LogP contribution < -0.4 is 5.32 Å². The first-order chi connectivity index (χ1) is 6.38. The third kappa shape index (κ3) is 3.15. The van der Waals surface area contributed by atoms with Gasteiger partial charge in [0.25, 0.3) is 0 Å². The van der Waals surface area contributed by atoms with Gasteiger partial charge in [-0.2, -0.15) is 11.8 Å². The Kier molecular flexibility index (Phi) is 3.52. The Labute approximate surface area is 85.4 Å². The second-order valence-corrected chi connectivity index (χ2v) is 5.21. The Hall–Kier alpha value is 0.270. The first-order valence-corrected chi connectivity index (χ1v) is 6.75. The van der Waals surface area contributed by atoms with Crippen LogP contribution in [0, 0.1) is 0 Å². The van der Waals surface area contributed by atoms with Gasteiger partial charge in [0, 0.05) is 30.9 Å². The molecule has 0 aromatic rings. The van der Waals surface area contributed by atoms with Gasteiger partial charge >= 0.3 is 0 Å². The van der Waals surface area contributed by atoms with Crippen molar-refractivity contribution in [3.63, 3.8) is 0 Å². The van der Waals surface area contributed by atoms with Crippen LogP contribution in [0.25, 0.3) is 0 Å². The Balaban J connectivity index is 1.61. The third-order valence-corrected chi connectivity index (χ3v) is 3.52. The van der Waals surface area contributed by atoms with E-state index in [0.717, 1.165) is 12.1 Å². The van der Waals surface area contributed by atoms with Crippen LogP contribution in [0.2, 0.25) is 0 Å². The molecule has 2 nitrogen and oxygen atoms in total. The summed E-state index contributed by atoms with van der Waals surface area (Å²) in [5, 5.41) is 3.71. The van der Waals surface area contributed by atoms with Crippen molar-refractivity contribution < 1.29 is 0 Å². The van der Waals surface area contributed by atoms with E-state index in [0.29, 0.717) is 0 Å². The predicted octanol–water partition coefficient (Wildman–Crippen LogP) is 1.18. The molecule has 1 aliphatic carbocycles. The van der Waals surface area contributed by atoms with Crippen molar-refractivity contribution in [2.24, 2.45) is 0 Å². The predicted molar refractivity (Wildman–Crippen MR) is 59.4 cm³/mol. The molecule has 0 aromatic heterocycles. The summed E-state index contributed by atoms with van der Waals surface area (Å²) in [4.78, 5) is 2.59. The van der Waals surface area contributed by atoms with E-state index in [-0.39, 0.29) is 0 Å². The summed E-state index contributed by atoms with van der Waals surface area (Å²) in [7, 11) is 0. The smallest absolute Gasteiger partial charge is 0.0209 e. The summed E-state index contributed by atoms with van der Waals surface area (Å²) in [6.07, 6.45) is 6.39. The fourth-order valence-corrected chi connectivity index (χ4v) is 2.42. The molecule has 1 saturated heterocycles. The molecule has 0 bridgehead atoms. The molecule has 1 heterocycles. The minimum atomic E-state index is 0.800. The number of nitrogens with zero attached hydrogens (tertiary/aromatic N) is 1. The van der Waals surface area contributed by atoms with Crippen LogP contribution in [0.15, 0.2) is 0 Å². The zero-order valence-electron chi connectivity index (χ0n) is 8.46. The molecule has 2 fully saturated rings. The molecule has 3 heteroatoms. The summed E-state index contributed by atoms with van der Waals surface area (Å²) in [6, 6.07) is 1.68. The van der Waals surface area contributed by atoms with Gasteiger partial charge in [-0.15, -0.1) is 0 Å². The molecule has 76 valence electrons. The van der Waals surface area contributed by atoms with E-state index >= 15 is 0 Å². The van der Waals surface area contributed by atoms with Crippen molar-refractivity contribution in [3.05, 3.63) is 0 Å². The average Bonchev–Trinajstić information content (AvgIpc) is 2.81. The van der Waals surface area contributed by atoms with E-state index in [1.165, 1.54) is 44.6 Å². The normalized spacial score (nSPS) is 29.8. The maximum absolute atomic E-state index is 3.71. The van der Waals surface area contributed by atoms with Gasteiger partial charge in [0.1, 0.15) is 0 Å². The lowest BCUT2D eigenvalue weighted by molar-refractivity contribution is 0.348. The van der Waals surface area contributed by atoms with Crippen molar-refractivity contribution in [3.8, 4) is 0 Å². The third-order valence-electron chi connectivity index (χ3n) is 2.93. The number of hydrogen-bond acceptors (Lipinski definition) is 3. The minimum Gasteiger partial charge on any atom is -0.310 e. The van der Waals surface area contributed by atoms with Gasteiger partial charge in [-0.25, -0.2) is 0 Å². The molecule has 0 amide bonds. The van der Waals surface area contributed by atoms with Crippen molar-refractivity contribution in [2.45, 2.75) is 31.3 Å². The first-order valence-electron chi connectivity index (χ1n) is 5.36. The van der Waals surface area contributed by atoms with E-state index in [1.807, 2.05) is 11.8 Å². The Bertz CT molecular complexity index is 159. The second kappa shape index (κ2) is 4.67. The van der Waals surface area contributed by atoms with Crippen LogP contribution in [0.1, 0.15) is 19.3 Å². The summed E-state index contributed by atoms with van der Waals surface area (Å²) in [5.41, 5.74) is 0. The van der Waals surface area contributed by atoms with Crippen LogP contribution in [0.3, 0.4) is 0 Å². The minimum absolute atomic E-state index is 0.800. The molecule has 0 aromatic carbocycles. The zero-order valence-corrected chi connectivity index (χ0v) is 9.28. The lowest BCUT2D eigenvalue weighted by Gasteiger charge is -2.15. The van der Waals surface area contributed by atoms with E-state index in [4.69, 9.17) is 0 Å². The zero-order chi connectivity index (χ0) is 9.10. The Morgan fingerprint density at radius 1 is 1.31 bits per heavy atom. The molecule has 1 unspecified atom stereocenters. The number of nitrogens with one attached hydrogen (secondary N) is 1. The van der Waals surface area contributed by atoms with Crippen LogP contribution in [-0.4, -0.2) is 48.6 Å². The number of thioether (sulfide) groups is 1. The standard InChI is InChI=1S/C10H20N2S/c1-13-7-6-12-5-4-10(8-12)11-9-2-3-9/h9-11H,2-8H2,1H3. The van der Waals surface area contributed by atoms with E-state index < -0.39 is 0 Å². The van der Waals surface area contributed by atoms with Crippen LogP contribution in [0.4, 0.5) is 0 Å². The average molecular weight is 200 g/mol. The number of hydrogen-bond donors (Lipinski definition) is 1. The summed E-state index contributed by atoms with van der Waals surface area (Å²) < 4.78 is 0. The number of rotatable bonds is 5. The van der Waals surface area contributed by atoms with E-state index in [1.54, 1.807) is 0 Å². The summed E-state index contributed by atoms with van der Waals surface area (Å²) in [5.74, 6) is 1.29. The van der Waals surface area contributed by atoms with Crippen LogP contribution >= 0.6 is 11.8 Å². The van der Waals surface area contributed by atoms with Crippen molar-refractivity contribution in [1.82, 2.24) is 10.2 Å². The molecule has 0 spiro atoms. The maximum Gasteiger partial charge on any atom is 0.0209 e. The Morgan fingerprint density at radius 2 is 2.15 bits per heavy atom. The molecule has 2 rings (SSSR count). The maximum atomic E-state index is 3.71. The van der Waals surface area contributed by atoms with Gasteiger partial charge in [-0.1, -0.05) is 0 Å². The highest BCUT2D eigenvalue weighted by Crippen LogP contribution is 2.21. The molecule has 1 N–H and O–H groups in total. The Morgan fingerprint density at radius 3 is 2.85 bits per heavy atom. The quantitative estimate of drug-likeness (QED) is 0.717. The summed E-state index contributed by atoms with van der Waals surface area (Å²) in [6.45, 7) is 3.88. The molecular formula is C10H20N2S. The SMILES string of the molecule is CSCCN1CCC(NC2CC2)C1. The highest BCUT2D eigenvalue weighted by Gasteiger charge is 2.28. The molecule has 1 aliphatic heterocycles. The van der Waals surface area contributed by atoms with Gasteiger partial charge in [-0.05, 0) is 32.1 Å².